The van der Waals surface area contributed by atoms with Gasteiger partial charge in [-0.15, -0.1) is 0 Å². The van der Waals surface area contributed by atoms with E-state index in [2.05, 4.69) is 19.2 Å². The quantitative estimate of drug-likeness (QED) is 0.818. The summed E-state index contributed by atoms with van der Waals surface area (Å²) in [5.41, 5.74) is 1.81. The van der Waals surface area contributed by atoms with Gasteiger partial charge in [0.15, 0.2) is 0 Å². The van der Waals surface area contributed by atoms with E-state index in [0.717, 1.165) is 17.7 Å². The number of aliphatic hydroxyl groups is 1. The molecule has 0 bridgehead atoms. The average Bonchev–Trinajstić information content (AvgIpc) is 2.89. The topological polar surface area (TPSA) is 49.3 Å². The fraction of sp³-hybridized carbons (Fsp3) is 0.462. The van der Waals surface area contributed by atoms with Crippen molar-refractivity contribution in [1.82, 2.24) is 0 Å². The van der Waals surface area contributed by atoms with Crippen LogP contribution in [0.1, 0.15) is 25.8 Å². The monoisotopic (exact) mass is 219 g/mol. The maximum absolute atomic E-state index is 11.8. The second-order valence-corrected chi connectivity index (χ2v) is 5.09. The molecule has 1 saturated carbocycles. The first-order valence-corrected chi connectivity index (χ1v) is 5.53. The van der Waals surface area contributed by atoms with E-state index in [1.54, 1.807) is 0 Å². The van der Waals surface area contributed by atoms with Crippen LogP contribution in [0.3, 0.4) is 0 Å². The molecule has 1 fully saturated rings. The van der Waals surface area contributed by atoms with Crippen molar-refractivity contribution in [2.24, 2.45) is 11.3 Å². The van der Waals surface area contributed by atoms with Crippen molar-refractivity contribution in [2.75, 3.05) is 5.32 Å². The van der Waals surface area contributed by atoms with Crippen LogP contribution >= 0.6 is 0 Å². The van der Waals surface area contributed by atoms with E-state index >= 15 is 0 Å². The summed E-state index contributed by atoms with van der Waals surface area (Å²) in [6, 6.07) is 7.26. The summed E-state index contributed by atoms with van der Waals surface area (Å²) in [4.78, 5) is 11.8. The van der Waals surface area contributed by atoms with Gasteiger partial charge in [-0.25, -0.2) is 0 Å². The van der Waals surface area contributed by atoms with Crippen LogP contribution in [0.4, 0.5) is 5.69 Å². The number of hydrogen-bond acceptors (Lipinski definition) is 2. The maximum atomic E-state index is 11.8. The van der Waals surface area contributed by atoms with Crippen LogP contribution < -0.4 is 5.32 Å². The van der Waals surface area contributed by atoms with Gasteiger partial charge >= 0.3 is 0 Å². The number of aliphatic hydroxyl groups excluding tert-OH is 1. The molecule has 16 heavy (non-hydrogen) atoms. The second-order valence-electron chi connectivity index (χ2n) is 5.09. The Morgan fingerprint density at radius 1 is 1.44 bits per heavy atom. The van der Waals surface area contributed by atoms with Crippen molar-refractivity contribution in [3.63, 3.8) is 0 Å². The minimum absolute atomic E-state index is 0.0316. The molecule has 3 nitrogen and oxygen atoms in total. The minimum Gasteiger partial charge on any atom is -0.392 e. The van der Waals surface area contributed by atoms with Gasteiger partial charge in [0.25, 0.3) is 0 Å². The van der Waals surface area contributed by atoms with Crippen LogP contribution in [0, 0.1) is 11.3 Å². The molecule has 0 heterocycles. The molecule has 2 rings (SSSR count). The molecule has 0 aromatic heterocycles. The SMILES string of the molecule is CC1(C)CC1C(=O)Nc1ccc(CO)cc1. The molecule has 1 amide bonds. The van der Waals surface area contributed by atoms with E-state index < -0.39 is 0 Å². The lowest BCUT2D eigenvalue weighted by Gasteiger charge is -2.06. The van der Waals surface area contributed by atoms with Gasteiger partial charge in [-0.2, -0.15) is 0 Å². The van der Waals surface area contributed by atoms with Crippen molar-refractivity contribution in [1.29, 1.82) is 0 Å². The zero-order valence-corrected chi connectivity index (χ0v) is 9.66. The summed E-state index contributed by atoms with van der Waals surface area (Å²) < 4.78 is 0. The molecule has 0 spiro atoms. The summed E-state index contributed by atoms with van der Waals surface area (Å²) in [7, 11) is 0. The van der Waals surface area contributed by atoms with Crippen LogP contribution in [-0.2, 0) is 11.4 Å². The molecule has 0 aliphatic heterocycles. The molecule has 0 radical (unpaired) electrons. The van der Waals surface area contributed by atoms with E-state index in [9.17, 15) is 4.79 Å². The van der Waals surface area contributed by atoms with Gasteiger partial charge in [-0.3, -0.25) is 4.79 Å². The van der Waals surface area contributed by atoms with Crippen molar-refractivity contribution < 1.29 is 9.90 Å². The third-order valence-electron chi connectivity index (χ3n) is 3.23. The first kappa shape index (κ1) is 11.1. The third kappa shape index (κ3) is 2.25. The number of benzene rings is 1. The first-order valence-electron chi connectivity index (χ1n) is 5.53. The number of amides is 1. The van der Waals surface area contributed by atoms with Crippen molar-refractivity contribution in [3.8, 4) is 0 Å². The summed E-state index contributed by atoms with van der Waals surface area (Å²) in [5, 5.41) is 11.8. The Labute approximate surface area is 95.5 Å². The number of nitrogens with one attached hydrogen (secondary N) is 1. The number of carbonyl (C=O) groups excluding carboxylic acids is 1. The zero-order chi connectivity index (χ0) is 11.8. The zero-order valence-electron chi connectivity index (χ0n) is 9.66. The molecule has 0 saturated heterocycles. The van der Waals surface area contributed by atoms with Gasteiger partial charge in [0.1, 0.15) is 0 Å². The third-order valence-corrected chi connectivity index (χ3v) is 3.23. The van der Waals surface area contributed by atoms with Crippen molar-refractivity contribution in [2.45, 2.75) is 26.9 Å². The number of anilines is 1. The van der Waals surface area contributed by atoms with E-state index in [4.69, 9.17) is 5.11 Å². The van der Waals surface area contributed by atoms with E-state index in [1.807, 2.05) is 24.3 Å². The van der Waals surface area contributed by atoms with Crippen molar-refractivity contribution >= 4 is 11.6 Å². The van der Waals surface area contributed by atoms with E-state index in [0.29, 0.717) is 0 Å². The van der Waals surface area contributed by atoms with E-state index in [-0.39, 0.29) is 23.8 Å². The van der Waals surface area contributed by atoms with Crippen LogP contribution in [-0.4, -0.2) is 11.0 Å². The molecule has 1 aliphatic rings. The Morgan fingerprint density at radius 2 is 2.00 bits per heavy atom. The van der Waals surface area contributed by atoms with Crippen LogP contribution in [0.2, 0.25) is 0 Å². The highest BCUT2D eigenvalue weighted by atomic mass is 16.3. The molecule has 2 N–H and O–H groups in total. The van der Waals surface area contributed by atoms with Gasteiger partial charge < -0.3 is 10.4 Å². The molecule has 1 aromatic rings. The predicted molar refractivity (Wildman–Crippen MR) is 62.9 cm³/mol. The highest BCUT2D eigenvalue weighted by Gasteiger charge is 2.50. The molecule has 1 aromatic carbocycles. The van der Waals surface area contributed by atoms with Gasteiger partial charge in [0.2, 0.25) is 5.91 Å². The average molecular weight is 219 g/mol. The largest absolute Gasteiger partial charge is 0.392 e. The Hall–Kier alpha value is -1.35. The van der Waals surface area contributed by atoms with Crippen LogP contribution in [0.25, 0.3) is 0 Å². The summed E-state index contributed by atoms with van der Waals surface area (Å²) in [5.74, 6) is 0.242. The predicted octanol–water partition coefficient (Wildman–Crippen LogP) is 2.16. The second kappa shape index (κ2) is 3.91. The smallest absolute Gasteiger partial charge is 0.228 e. The summed E-state index contributed by atoms with van der Waals surface area (Å²) in [6.07, 6.45) is 0.966. The summed E-state index contributed by atoms with van der Waals surface area (Å²) in [6.45, 7) is 4.24. The lowest BCUT2D eigenvalue weighted by molar-refractivity contribution is -0.117. The Kier molecular flexibility index (Phi) is 2.72. The normalized spacial score (nSPS) is 21.6. The molecular weight excluding hydrogens is 202 g/mol. The minimum atomic E-state index is 0.0316. The number of rotatable bonds is 3. The lowest BCUT2D eigenvalue weighted by Crippen LogP contribution is -2.16. The lowest BCUT2D eigenvalue weighted by atomic mass is 10.1. The van der Waals surface area contributed by atoms with Crippen LogP contribution in [0.5, 0.6) is 0 Å². The van der Waals surface area contributed by atoms with Crippen molar-refractivity contribution in [3.05, 3.63) is 29.8 Å². The van der Waals surface area contributed by atoms with Gasteiger partial charge in [-0.1, -0.05) is 26.0 Å². The molecular formula is C13H17NO2. The standard InChI is InChI=1S/C13H17NO2/c1-13(2)7-11(13)12(16)14-10-5-3-9(8-15)4-6-10/h3-6,11,15H,7-8H2,1-2H3,(H,14,16). The summed E-state index contributed by atoms with van der Waals surface area (Å²) >= 11 is 0. The first-order chi connectivity index (χ1) is 7.53. The maximum Gasteiger partial charge on any atom is 0.228 e. The van der Waals surface area contributed by atoms with Crippen LogP contribution in [0.15, 0.2) is 24.3 Å². The highest BCUT2D eigenvalue weighted by Crippen LogP contribution is 2.51. The fourth-order valence-electron chi connectivity index (χ4n) is 1.84. The van der Waals surface area contributed by atoms with Gasteiger partial charge in [-0.05, 0) is 29.5 Å². The molecule has 3 heteroatoms. The van der Waals surface area contributed by atoms with Gasteiger partial charge in [0.05, 0.1) is 6.61 Å². The molecule has 86 valence electrons. The molecule has 1 atom stereocenters. The number of carbonyl (C=O) groups is 1. The Balaban J connectivity index is 1.96. The molecule has 1 aliphatic carbocycles. The van der Waals surface area contributed by atoms with Gasteiger partial charge in [0, 0.05) is 11.6 Å². The Bertz CT molecular complexity index is 395. The Morgan fingerprint density at radius 3 is 2.44 bits per heavy atom. The van der Waals surface area contributed by atoms with E-state index in [1.165, 1.54) is 0 Å². The number of hydrogen-bond donors (Lipinski definition) is 2. The molecule has 1 unspecified atom stereocenters. The fourth-order valence-corrected chi connectivity index (χ4v) is 1.84. The highest BCUT2D eigenvalue weighted by molar-refractivity contribution is 5.94.